The van der Waals surface area contributed by atoms with E-state index in [1.807, 2.05) is 30.1 Å². The van der Waals surface area contributed by atoms with E-state index in [2.05, 4.69) is 42.2 Å². The molecule has 0 N–H and O–H groups in total. The largest absolute Gasteiger partial charge is 0.261 e. The van der Waals surface area contributed by atoms with Crippen LogP contribution in [0.5, 0.6) is 0 Å². The van der Waals surface area contributed by atoms with Crippen molar-refractivity contribution in [1.29, 1.82) is 0 Å². The van der Waals surface area contributed by atoms with Crippen molar-refractivity contribution in [2.24, 2.45) is 0 Å². The maximum Gasteiger partial charge on any atom is 0.0413 e. The molecule has 0 fully saturated rings. The molecule has 1 aromatic heterocycles. The Morgan fingerprint density at radius 1 is 1.07 bits per heavy atom. The maximum atomic E-state index is 4.28. The monoisotopic (exact) mass is 215 g/mol. The van der Waals surface area contributed by atoms with Crippen LogP contribution >= 0.6 is 11.8 Å². The molecular weight excluding hydrogens is 202 g/mol. The van der Waals surface area contributed by atoms with Crippen LogP contribution in [0.1, 0.15) is 11.3 Å². The number of rotatable bonds is 3. The molecule has 0 aliphatic carbocycles. The van der Waals surface area contributed by atoms with Crippen molar-refractivity contribution in [2.45, 2.75) is 17.6 Å². The molecule has 76 valence electrons. The van der Waals surface area contributed by atoms with Crippen LogP contribution in [0, 0.1) is 6.92 Å². The summed E-state index contributed by atoms with van der Waals surface area (Å²) in [4.78, 5) is 5.58. The third-order valence-electron chi connectivity index (χ3n) is 2.25. The zero-order chi connectivity index (χ0) is 10.5. The molecule has 1 aromatic carbocycles. The summed E-state index contributed by atoms with van der Waals surface area (Å²) in [6.07, 6.45) is 1.84. The first-order chi connectivity index (χ1) is 7.36. The molecule has 2 aromatic rings. The van der Waals surface area contributed by atoms with E-state index < -0.39 is 0 Å². The molecule has 0 spiro atoms. The zero-order valence-electron chi connectivity index (χ0n) is 8.68. The number of pyridine rings is 1. The Morgan fingerprint density at radius 2 is 1.87 bits per heavy atom. The minimum Gasteiger partial charge on any atom is -0.261 e. The molecule has 0 aliphatic rings. The topological polar surface area (TPSA) is 12.9 Å². The molecule has 0 radical (unpaired) electrons. The summed E-state index contributed by atoms with van der Waals surface area (Å²) in [5.41, 5.74) is 2.44. The number of aromatic nitrogens is 1. The number of hydrogen-bond donors (Lipinski definition) is 0. The van der Waals surface area contributed by atoms with Gasteiger partial charge in [0.05, 0.1) is 0 Å². The average Bonchev–Trinajstić information content (AvgIpc) is 2.29. The van der Waals surface area contributed by atoms with Crippen LogP contribution in [-0.2, 0) is 5.75 Å². The van der Waals surface area contributed by atoms with Gasteiger partial charge in [-0.3, -0.25) is 4.98 Å². The molecular formula is C13H13NS. The molecule has 2 heteroatoms. The van der Waals surface area contributed by atoms with Gasteiger partial charge >= 0.3 is 0 Å². The van der Waals surface area contributed by atoms with E-state index in [1.54, 1.807) is 0 Å². The van der Waals surface area contributed by atoms with E-state index in [0.29, 0.717) is 0 Å². The summed E-state index contributed by atoms with van der Waals surface area (Å²) < 4.78 is 0. The highest BCUT2D eigenvalue weighted by Gasteiger charge is 1.99. The van der Waals surface area contributed by atoms with Gasteiger partial charge in [-0.1, -0.05) is 24.3 Å². The van der Waals surface area contributed by atoms with Crippen LogP contribution in [0.3, 0.4) is 0 Å². The normalized spacial score (nSPS) is 10.2. The van der Waals surface area contributed by atoms with Gasteiger partial charge in [0.1, 0.15) is 0 Å². The van der Waals surface area contributed by atoms with E-state index >= 15 is 0 Å². The zero-order valence-corrected chi connectivity index (χ0v) is 9.50. The fourth-order valence-electron chi connectivity index (χ4n) is 1.35. The SMILES string of the molecule is Cc1ncccc1CSc1ccccc1. The minimum absolute atomic E-state index is 0.990. The number of thioether (sulfide) groups is 1. The minimum atomic E-state index is 0.990. The molecule has 2 rings (SSSR count). The second-order valence-corrected chi connectivity index (χ2v) is 4.40. The van der Waals surface area contributed by atoms with Crippen LogP contribution in [-0.4, -0.2) is 4.98 Å². The summed E-state index contributed by atoms with van der Waals surface area (Å²) in [6.45, 7) is 2.06. The molecule has 0 atom stereocenters. The first kappa shape index (κ1) is 10.2. The summed E-state index contributed by atoms with van der Waals surface area (Å²) in [6, 6.07) is 14.6. The predicted molar refractivity (Wildman–Crippen MR) is 65.0 cm³/mol. The van der Waals surface area contributed by atoms with Gasteiger partial charge in [0.15, 0.2) is 0 Å². The van der Waals surface area contributed by atoms with Crippen LogP contribution in [0.4, 0.5) is 0 Å². The van der Waals surface area contributed by atoms with Crippen molar-refractivity contribution in [3.05, 3.63) is 59.9 Å². The molecule has 1 heterocycles. The molecule has 0 saturated heterocycles. The summed E-state index contributed by atoms with van der Waals surface area (Å²) in [7, 11) is 0. The number of benzene rings is 1. The Morgan fingerprint density at radius 3 is 2.60 bits per heavy atom. The van der Waals surface area contributed by atoms with Crippen molar-refractivity contribution >= 4 is 11.8 Å². The summed E-state index contributed by atoms with van der Waals surface area (Å²) in [5, 5.41) is 0. The van der Waals surface area contributed by atoms with Gasteiger partial charge in [0, 0.05) is 22.5 Å². The van der Waals surface area contributed by atoms with Crippen molar-refractivity contribution in [3.63, 3.8) is 0 Å². The van der Waals surface area contributed by atoms with E-state index in [4.69, 9.17) is 0 Å². The lowest BCUT2D eigenvalue weighted by Gasteiger charge is -2.04. The van der Waals surface area contributed by atoms with E-state index in [0.717, 1.165) is 11.4 Å². The van der Waals surface area contributed by atoms with Crippen LogP contribution in [0.2, 0.25) is 0 Å². The van der Waals surface area contributed by atoms with Crippen LogP contribution in [0.25, 0.3) is 0 Å². The lowest BCUT2D eigenvalue weighted by molar-refractivity contribution is 1.14. The molecule has 0 aliphatic heterocycles. The molecule has 0 saturated carbocycles. The predicted octanol–water partition coefficient (Wildman–Crippen LogP) is 3.68. The molecule has 1 nitrogen and oxygen atoms in total. The number of nitrogens with zero attached hydrogens (tertiary/aromatic N) is 1. The second kappa shape index (κ2) is 4.99. The van der Waals surface area contributed by atoms with E-state index in [9.17, 15) is 0 Å². The third kappa shape index (κ3) is 2.83. The van der Waals surface area contributed by atoms with E-state index in [-0.39, 0.29) is 0 Å². The Balaban J connectivity index is 2.03. The highest BCUT2D eigenvalue weighted by Crippen LogP contribution is 2.22. The van der Waals surface area contributed by atoms with Crippen LogP contribution < -0.4 is 0 Å². The first-order valence-corrected chi connectivity index (χ1v) is 5.93. The van der Waals surface area contributed by atoms with Gasteiger partial charge in [-0.25, -0.2) is 0 Å². The van der Waals surface area contributed by atoms with Gasteiger partial charge in [-0.15, -0.1) is 11.8 Å². The quantitative estimate of drug-likeness (QED) is 0.724. The standard InChI is InChI=1S/C13H13NS/c1-11-12(6-5-9-14-11)10-15-13-7-3-2-4-8-13/h2-9H,10H2,1H3. The number of aryl methyl sites for hydroxylation is 1. The van der Waals surface area contributed by atoms with Gasteiger partial charge < -0.3 is 0 Å². The maximum absolute atomic E-state index is 4.28. The fraction of sp³-hybridized carbons (Fsp3) is 0.154. The van der Waals surface area contributed by atoms with Crippen LogP contribution in [0.15, 0.2) is 53.6 Å². The van der Waals surface area contributed by atoms with Crippen molar-refractivity contribution in [2.75, 3.05) is 0 Å². The molecule has 0 bridgehead atoms. The summed E-state index contributed by atoms with van der Waals surface area (Å²) in [5.74, 6) is 0.990. The Kier molecular flexibility index (Phi) is 3.41. The average molecular weight is 215 g/mol. The van der Waals surface area contributed by atoms with E-state index in [1.165, 1.54) is 10.5 Å². The van der Waals surface area contributed by atoms with Crippen molar-refractivity contribution < 1.29 is 0 Å². The summed E-state index contributed by atoms with van der Waals surface area (Å²) >= 11 is 1.85. The third-order valence-corrected chi connectivity index (χ3v) is 3.31. The van der Waals surface area contributed by atoms with Gasteiger partial charge in [0.25, 0.3) is 0 Å². The first-order valence-electron chi connectivity index (χ1n) is 4.94. The lowest BCUT2D eigenvalue weighted by atomic mass is 10.2. The van der Waals surface area contributed by atoms with Crippen molar-refractivity contribution in [3.8, 4) is 0 Å². The molecule has 0 unspecified atom stereocenters. The van der Waals surface area contributed by atoms with Gasteiger partial charge in [0.2, 0.25) is 0 Å². The number of hydrogen-bond acceptors (Lipinski definition) is 2. The molecule has 0 amide bonds. The van der Waals surface area contributed by atoms with Crippen molar-refractivity contribution in [1.82, 2.24) is 4.98 Å². The fourth-order valence-corrected chi connectivity index (χ4v) is 2.32. The second-order valence-electron chi connectivity index (χ2n) is 3.35. The smallest absolute Gasteiger partial charge is 0.0413 e. The molecule has 15 heavy (non-hydrogen) atoms. The Hall–Kier alpha value is -1.28. The highest BCUT2D eigenvalue weighted by atomic mass is 32.2. The lowest BCUT2D eigenvalue weighted by Crippen LogP contribution is -1.88. The van der Waals surface area contributed by atoms with Gasteiger partial charge in [-0.05, 0) is 30.7 Å². The Bertz CT molecular complexity index is 426. The Labute approximate surface area is 94.6 Å². The van der Waals surface area contributed by atoms with Gasteiger partial charge in [-0.2, -0.15) is 0 Å². The highest BCUT2D eigenvalue weighted by molar-refractivity contribution is 7.98.